The minimum atomic E-state index is 0.0951. The SMILES string of the molecule is CNCC(=O)NC1C(C)CN(Cc2ccccc2)CC1C. The van der Waals surface area contributed by atoms with Gasteiger partial charge in [0.25, 0.3) is 0 Å². The third kappa shape index (κ3) is 4.55. The van der Waals surface area contributed by atoms with E-state index in [-0.39, 0.29) is 11.9 Å². The maximum atomic E-state index is 11.8. The van der Waals surface area contributed by atoms with Gasteiger partial charge in [-0.1, -0.05) is 44.2 Å². The lowest BCUT2D eigenvalue weighted by molar-refractivity contribution is -0.122. The third-order valence-corrected chi connectivity index (χ3v) is 4.23. The summed E-state index contributed by atoms with van der Waals surface area (Å²) in [5, 5.41) is 6.08. The molecule has 116 valence electrons. The highest BCUT2D eigenvalue weighted by Crippen LogP contribution is 2.23. The Labute approximate surface area is 127 Å². The molecule has 1 heterocycles. The molecule has 2 unspecified atom stereocenters. The Kier molecular flexibility index (Phi) is 5.76. The Balaban J connectivity index is 1.90. The van der Waals surface area contributed by atoms with Crippen molar-refractivity contribution in [1.29, 1.82) is 0 Å². The summed E-state index contributed by atoms with van der Waals surface area (Å²) >= 11 is 0. The molecular formula is C17H27N3O. The lowest BCUT2D eigenvalue weighted by Gasteiger charge is -2.41. The van der Waals surface area contributed by atoms with Gasteiger partial charge >= 0.3 is 0 Å². The molecule has 4 nitrogen and oxygen atoms in total. The van der Waals surface area contributed by atoms with Gasteiger partial charge in [0, 0.05) is 25.7 Å². The van der Waals surface area contributed by atoms with Crippen LogP contribution >= 0.6 is 0 Å². The number of carbonyl (C=O) groups excluding carboxylic acids is 1. The maximum absolute atomic E-state index is 11.8. The van der Waals surface area contributed by atoms with Crippen LogP contribution < -0.4 is 10.6 Å². The summed E-state index contributed by atoms with van der Waals surface area (Å²) in [4.78, 5) is 14.3. The maximum Gasteiger partial charge on any atom is 0.234 e. The average Bonchev–Trinajstić information content (AvgIpc) is 2.44. The summed E-state index contributed by atoms with van der Waals surface area (Å²) in [7, 11) is 1.80. The molecule has 21 heavy (non-hydrogen) atoms. The zero-order valence-electron chi connectivity index (χ0n) is 13.3. The zero-order valence-corrected chi connectivity index (χ0v) is 13.3. The number of nitrogens with one attached hydrogen (secondary N) is 2. The molecule has 1 aromatic rings. The van der Waals surface area contributed by atoms with Crippen LogP contribution in [0.1, 0.15) is 19.4 Å². The Morgan fingerprint density at radius 2 is 1.81 bits per heavy atom. The zero-order chi connectivity index (χ0) is 15.2. The number of likely N-dealkylation sites (tertiary alicyclic amines) is 1. The summed E-state index contributed by atoms with van der Waals surface area (Å²) in [5.74, 6) is 1.04. The van der Waals surface area contributed by atoms with Gasteiger partial charge < -0.3 is 10.6 Å². The van der Waals surface area contributed by atoms with Crippen LogP contribution in [0.5, 0.6) is 0 Å². The molecule has 1 fully saturated rings. The smallest absolute Gasteiger partial charge is 0.234 e. The summed E-state index contributed by atoms with van der Waals surface area (Å²) in [6, 6.07) is 10.9. The fourth-order valence-electron chi connectivity index (χ4n) is 3.33. The van der Waals surface area contributed by atoms with Crippen LogP contribution in [0.3, 0.4) is 0 Å². The molecule has 0 aliphatic carbocycles. The Bertz CT molecular complexity index is 437. The fourth-order valence-corrected chi connectivity index (χ4v) is 3.33. The van der Waals surface area contributed by atoms with Crippen molar-refractivity contribution >= 4 is 5.91 Å². The van der Waals surface area contributed by atoms with Crippen molar-refractivity contribution in [1.82, 2.24) is 15.5 Å². The summed E-state index contributed by atoms with van der Waals surface area (Å²) in [6.45, 7) is 7.92. The van der Waals surface area contributed by atoms with E-state index in [4.69, 9.17) is 0 Å². The van der Waals surface area contributed by atoms with Crippen LogP contribution in [0.4, 0.5) is 0 Å². The van der Waals surface area contributed by atoms with E-state index in [2.05, 4.69) is 59.7 Å². The van der Waals surface area contributed by atoms with Crippen LogP contribution in [0.25, 0.3) is 0 Å². The lowest BCUT2D eigenvalue weighted by Crippen LogP contribution is -2.55. The lowest BCUT2D eigenvalue weighted by atomic mass is 9.85. The normalized spacial score (nSPS) is 26.5. The number of rotatable bonds is 5. The van der Waals surface area contributed by atoms with Crippen molar-refractivity contribution in [2.45, 2.75) is 26.4 Å². The van der Waals surface area contributed by atoms with E-state index < -0.39 is 0 Å². The fraction of sp³-hybridized carbons (Fsp3) is 0.588. The van der Waals surface area contributed by atoms with E-state index >= 15 is 0 Å². The first-order chi connectivity index (χ1) is 10.1. The van der Waals surface area contributed by atoms with Gasteiger partial charge in [0.05, 0.1) is 6.54 Å². The summed E-state index contributed by atoms with van der Waals surface area (Å²) < 4.78 is 0. The molecular weight excluding hydrogens is 262 g/mol. The van der Waals surface area contributed by atoms with Gasteiger partial charge in [-0.3, -0.25) is 9.69 Å². The molecule has 0 aromatic heterocycles. The minimum Gasteiger partial charge on any atom is -0.352 e. The monoisotopic (exact) mass is 289 g/mol. The van der Waals surface area contributed by atoms with Gasteiger partial charge in [0.15, 0.2) is 0 Å². The van der Waals surface area contributed by atoms with Gasteiger partial charge in [0.1, 0.15) is 0 Å². The number of carbonyl (C=O) groups is 1. The van der Waals surface area contributed by atoms with E-state index in [1.54, 1.807) is 7.05 Å². The quantitative estimate of drug-likeness (QED) is 0.863. The number of amides is 1. The van der Waals surface area contributed by atoms with Gasteiger partial charge in [-0.25, -0.2) is 0 Å². The Morgan fingerprint density at radius 1 is 1.19 bits per heavy atom. The van der Waals surface area contributed by atoms with Gasteiger partial charge in [-0.2, -0.15) is 0 Å². The minimum absolute atomic E-state index is 0.0951. The van der Waals surface area contributed by atoms with Crippen LogP contribution in [0.2, 0.25) is 0 Å². The average molecular weight is 289 g/mol. The second-order valence-corrected chi connectivity index (χ2v) is 6.26. The predicted molar refractivity (Wildman–Crippen MR) is 85.9 cm³/mol. The van der Waals surface area contributed by atoms with Crippen molar-refractivity contribution in [3.05, 3.63) is 35.9 Å². The largest absolute Gasteiger partial charge is 0.352 e. The first kappa shape index (κ1) is 16.0. The van der Waals surface area contributed by atoms with E-state index in [1.807, 2.05) is 0 Å². The molecule has 1 saturated heterocycles. The van der Waals surface area contributed by atoms with Crippen molar-refractivity contribution < 1.29 is 4.79 Å². The highest BCUT2D eigenvalue weighted by molar-refractivity contribution is 5.78. The van der Waals surface area contributed by atoms with E-state index in [9.17, 15) is 4.79 Å². The molecule has 0 bridgehead atoms. The van der Waals surface area contributed by atoms with E-state index in [0.29, 0.717) is 18.4 Å². The molecule has 1 aromatic carbocycles. The number of likely N-dealkylation sites (N-methyl/N-ethyl adjacent to an activating group) is 1. The summed E-state index contributed by atoms with van der Waals surface area (Å²) in [5.41, 5.74) is 1.36. The van der Waals surface area contributed by atoms with Crippen LogP contribution in [-0.4, -0.2) is 43.5 Å². The van der Waals surface area contributed by atoms with Crippen LogP contribution in [-0.2, 0) is 11.3 Å². The molecule has 0 radical (unpaired) electrons. The number of hydrogen-bond donors (Lipinski definition) is 2. The van der Waals surface area contributed by atoms with Crippen molar-refractivity contribution in [2.24, 2.45) is 11.8 Å². The summed E-state index contributed by atoms with van der Waals surface area (Å²) in [6.07, 6.45) is 0. The molecule has 2 rings (SSSR count). The third-order valence-electron chi connectivity index (χ3n) is 4.23. The number of piperidine rings is 1. The number of hydrogen-bond acceptors (Lipinski definition) is 3. The van der Waals surface area contributed by atoms with E-state index in [1.165, 1.54) is 5.56 Å². The number of nitrogens with zero attached hydrogens (tertiary/aromatic N) is 1. The highest BCUT2D eigenvalue weighted by atomic mass is 16.2. The molecule has 1 aliphatic heterocycles. The first-order valence-corrected chi connectivity index (χ1v) is 7.80. The molecule has 0 spiro atoms. The van der Waals surface area contributed by atoms with Crippen LogP contribution in [0, 0.1) is 11.8 Å². The van der Waals surface area contributed by atoms with Gasteiger partial charge in [-0.05, 0) is 24.4 Å². The topological polar surface area (TPSA) is 44.4 Å². The Morgan fingerprint density at radius 3 is 2.38 bits per heavy atom. The molecule has 0 saturated carbocycles. The molecule has 1 amide bonds. The standard InChI is InChI=1S/C17H27N3O/c1-13-10-20(12-15-7-5-4-6-8-15)11-14(2)17(13)19-16(21)9-18-3/h4-8,13-14,17-18H,9-12H2,1-3H3,(H,19,21). The first-order valence-electron chi connectivity index (χ1n) is 7.80. The van der Waals surface area contributed by atoms with E-state index in [0.717, 1.165) is 19.6 Å². The van der Waals surface area contributed by atoms with Gasteiger partial charge in [-0.15, -0.1) is 0 Å². The molecule has 2 N–H and O–H groups in total. The van der Waals surface area contributed by atoms with Crippen LogP contribution in [0.15, 0.2) is 30.3 Å². The number of benzene rings is 1. The molecule has 2 atom stereocenters. The van der Waals surface area contributed by atoms with Gasteiger partial charge in [0.2, 0.25) is 5.91 Å². The molecule has 1 aliphatic rings. The highest BCUT2D eigenvalue weighted by Gasteiger charge is 2.32. The van der Waals surface area contributed by atoms with Crippen molar-refractivity contribution in [3.8, 4) is 0 Å². The second kappa shape index (κ2) is 7.57. The van der Waals surface area contributed by atoms with Crippen molar-refractivity contribution in [3.63, 3.8) is 0 Å². The predicted octanol–water partition coefficient (Wildman–Crippen LogP) is 1.48. The Hall–Kier alpha value is -1.39. The second-order valence-electron chi connectivity index (χ2n) is 6.26. The van der Waals surface area contributed by atoms with Crippen molar-refractivity contribution in [2.75, 3.05) is 26.7 Å². The molecule has 4 heteroatoms.